The summed E-state index contributed by atoms with van der Waals surface area (Å²) in [5, 5.41) is 5.43. The largest absolute Gasteiger partial charge is 0.476 e. The first-order chi connectivity index (χ1) is 9.74. The predicted molar refractivity (Wildman–Crippen MR) is 82.1 cm³/mol. The number of nitrogens with one attached hydrogen (secondary N) is 1. The molecule has 0 saturated carbocycles. The quantitative estimate of drug-likeness (QED) is 0.812. The van der Waals surface area contributed by atoms with Crippen molar-refractivity contribution in [1.29, 1.82) is 0 Å². The molecule has 5 heteroatoms. The zero-order valence-electron chi connectivity index (χ0n) is 12.0. The molecule has 2 aromatic rings. The number of hydrogen-bond acceptors (Lipinski definition) is 5. The number of thiophene rings is 1. The zero-order valence-corrected chi connectivity index (χ0v) is 12.8. The van der Waals surface area contributed by atoms with E-state index < -0.39 is 0 Å². The second-order valence-corrected chi connectivity index (χ2v) is 6.08. The first-order valence-electron chi connectivity index (χ1n) is 6.91. The summed E-state index contributed by atoms with van der Waals surface area (Å²) in [5.41, 5.74) is 0.916. The van der Waals surface area contributed by atoms with Gasteiger partial charge < -0.3 is 10.1 Å². The van der Waals surface area contributed by atoms with Crippen molar-refractivity contribution in [2.75, 3.05) is 13.2 Å². The summed E-state index contributed by atoms with van der Waals surface area (Å²) in [5.74, 6) is 1.23. The van der Waals surface area contributed by atoms with Crippen molar-refractivity contribution in [1.82, 2.24) is 15.3 Å². The normalized spacial score (nSPS) is 10.9. The van der Waals surface area contributed by atoms with E-state index in [1.54, 1.807) is 23.7 Å². The van der Waals surface area contributed by atoms with Crippen LogP contribution in [0.15, 0.2) is 29.9 Å². The highest BCUT2D eigenvalue weighted by Gasteiger charge is 2.01. The molecule has 2 rings (SSSR count). The van der Waals surface area contributed by atoms with Crippen molar-refractivity contribution in [3.63, 3.8) is 0 Å². The predicted octanol–water partition coefficient (Wildman–Crippen LogP) is 2.91. The molecule has 0 atom stereocenters. The van der Waals surface area contributed by atoms with E-state index in [4.69, 9.17) is 4.74 Å². The van der Waals surface area contributed by atoms with Crippen LogP contribution >= 0.6 is 11.3 Å². The van der Waals surface area contributed by atoms with Gasteiger partial charge in [0.25, 0.3) is 0 Å². The first-order valence-corrected chi connectivity index (χ1v) is 7.79. The lowest BCUT2D eigenvalue weighted by molar-refractivity contribution is 0.307. The highest BCUT2D eigenvalue weighted by molar-refractivity contribution is 7.09. The summed E-state index contributed by atoms with van der Waals surface area (Å²) in [6.45, 7) is 6.71. The molecule has 0 unspecified atom stereocenters. The van der Waals surface area contributed by atoms with Crippen LogP contribution in [0.5, 0.6) is 5.88 Å². The van der Waals surface area contributed by atoms with Crippen LogP contribution in [0.4, 0.5) is 0 Å². The summed E-state index contributed by atoms with van der Waals surface area (Å²) < 4.78 is 5.65. The van der Waals surface area contributed by atoms with E-state index in [2.05, 4.69) is 46.6 Å². The fraction of sp³-hybridized carbons (Fsp3) is 0.467. The maximum Gasteiger partial charge on any atom is 0.232 e. The Morgan fingerprint density at radius 1 is 1.35 bits per heavy atom. The molecule has 0 aliphatic carbocycles. The van der Waals surface area contributed by atoms with Gasteiger partial charge in [0.2, 0.25) is 5.88 Å². The van der Waals surface area contributed by atoms with E-state index in [0.717, 1.165) is 25.2 Å². The van der Waals surface area contributed by atoms with E-state index >= 15 is 0 Å². The molecular weight excluding hydrogens is 270 g/mol. The van der Waals surface area contributed by atoms with Gasteiger partial charge in [0.15, 0.2) is 0 Å². The van der Waals surface area contributed by atoms with E-state index in [9.17, 15) is 0 Å². The monoisotopic (exact) mass is 291 g/mol. The third kappa shape index (κ3) is 5.27. The summed E-state index contributed by atoms with van der Waals surface area (Å²) in [6, 6.07) is 4.17. The van der Waals surface area contributed by atoms with E-state index in [1.807, 2.05) is 0 Å². The van der Waals surface area contributed by atoms with Gasteiger partial charge in [0, 0.05) is 24.0 Å². The Bertz CT molecular complexity index is 500. The molecule has 0 amide bonds. The molecule has 0 bridgehead atoms. The minimum absolute atomic E-state index is 0.602. The molecule has 0 saturated heterocycles. The van der Waals surface area contributed by atoms with Gasteiger partial charge in [-0.05, 0) is 23.9 Å². The number of hydrogen-bond donors (Lipinski definition) is 1. The fourth-order valence-electron chi connectivity index (χ4n) is 1.74. The lowest BCUT2D eigenvalue weighted by Gasteiger charge is -2.08. The average Bonchev–Trinajstić information content (AvgIpc) is 2.92. The molecule has 2 heterocycles. The van der Waals surface area contributed by atoms with Crippen LogP contribution in [-0.4, -0.2) is 23.1 Å². The van der Waals surface area contributed by atoms with Gasteiger partial charge in [-0.1, -0.05) is 19.9 Å². The molecule has 0 spiro atoms. The lowest BCUT2D eigenvalue weighted by atomic mass is 10.2. The number of aromatic nitrogens is 2. The summed E-state index contributed by atoms with van der Waals surface area (Å²) in [4.78, 5) is 9.94. The van der Waals surface area contributed by atoms with Crippen molar-refractivity contribution in [2.24, 2.45) is 5.92 Å². The Balaban J connectivity index is 1.77. The lowest BCUT2D eigenvalue weighted by Crippen LogP contribution is -2.19. The Labute approximate surface area is 124 Å². The van der Waals surface area contributed by atoms with Gasteiger partial charge in [0.1, 0.15) is 0 Å². The minimum Gasteiger partial charge on any atom is -0.476 e. The molecule has 108 valence electrons. The van der Waals surface area contributed by atoms with Gasteiger partial charge in [0.05, 0.1) is 18.5 Å². The summed E-state index contributed by atoms with van der Waals surface area (Å²) in [6.07, 6.45) is 4.36. The second-order valence-electron chi connectivity index (χ2n) is 5.05. The van der Waals surface area contributed by atoms with E-state index in [0.29, 0.717) is 18.4 Å². The molecule has 1 N–H and O–H groups in total. The maximum absolute atomic E-state index is 5.65. The number of nitrogens with zero attached hydrogens (tertiary/aromatic N) is 2. The number of rotatable bonds is 8. The van der Waals surface area contributed by atoms with Crippen LogP contribution in [0.25, 0.3) is 0 Å². The van der Waals surface area contributed by atoms with Crippen molar-refractivity contribution in [3.05, 3.63) is 40.5 Å². The molecule has 0 aliphatic heterocycles. The molecule has 0 aliphatic rings. The Hall–Kier alpha value is -1.46. The van der Waals surface area contributed by atoms with Crippen LogP contribution in [0.2, 0.25) is 0 Å². The zero-order chi connectivity index (χ0) is 14.2. The molecule has 0 aromatic carbocycles. The summed E-state index contributed by atoms with van der Waals surface area (Å²) in [7, 11) is 0. The van der Waals surface area contributed by atoms with Gasteiger partial charge >= 0.3 is 0 Å². The van der Waals surface area contributed by atoms with Crippen molar-refractivity contribution in [3.8, 4) is 5.88 Å². The Morgan fingerprint density at radius 3 is 3.00 bits per heavy atom. The Kier molecular flexibility index (Phi) is 5.95. The van der Waals surface area contributed by atoms with E-state index in [1.165, 1.54) is 4.88 Å². The standard InChI is InChI=1S/C15H21N3OS/c1-12(2)8-16-9-13-10-17-11-15(18-13)19-6-5-14-4-3-7-20-14/h3-4,7,10-12,16H,5-6,8-9H2,1-2H3. The topological polar surface area (TPSA) is 47.0 Å². The van der Waals surface area contributed by atoms with Crippen molar-refractivity contribution in [2.45, 2.75) is 26.8 Å². The Morgan fingerprint density at radius 2 is 2.25 bits per heavy atom. The van der Waals surface area contributed by atoms with Crippen LogP contribution in [-0.2, 0) is 13.0 Å². The highest BCUT2D eigenvalue weighted by Crippen LogP contribution is 2.11. The minimum atomic E-state index is 0.602. The third-order valence-corrected chi connectivity index (χ3v) is 3.64. The average molecular weight is 291 g/mol. The number of ether oxygens (including phenoxy) is 1. The molecular formula is C15H21N3OS. The molecule has 2 aromatic heterocycles. The molecule has 0 fully saturated rings. The smallest absolute Gasteiger partial charge is 0.232 e. The van der Waals surface area contributed by atoms with Gasteiger partial charge in [-0.3, -0.25) is 4.98 Å². The summed E-state index contributed by atoms with van der Waals surface area (Å²) >= 11 is 1.75. The molecule has 0 radical (unpaired) electrons. The van der Waals surface area contributed by atoms with Gasteiger partial charge in [-0.15, -0.1) is 11.3 Å². The van der Waals surface area contributed by atoms with Crippen LogP contribution in [0.3, 0.4) is 0 Å². The third-order valence-electron chi connectivity index (χ3n) is 2.70. The van der Waals surface area contributed by atoms with Gasteiger partial charge in [-0.25, -0.2) is 4.98 Å². The van der Waals surface area contributed by atoms with Gasteiger partial charge in [-0.2, -0.15) is 0 Å². The van der Waals surface area contributed by atoms with Crippen LogP contribution < -0.4 is 10.1 Å². The van der Waals surface area contributed by atoms with Crippen molar-refractivity contribution < 1.29 is 4.74 Å². The van der Waals surface area contributed by atoms with Crippen molar-refractivity contribution >= 4 is 11.3 Å². The molecule has 20 heavy (non-hydrogen) atoms. The van der Waals surface area contributed by atoms with Crippen LogP contribution in [0, 0.1) is 5.92 Å². The maximum atomic E-state index is 5.65. The van der Waals surface area contributed by atoms with Crippen LogP contribution in [0.1, 0.15) is 24.4 Å². The first kappa shape index (κ1) is 14.9. The fourth-order valence-corrected chi connectivity index (χ4v) is 2.43. The highest BCUT2D eigenvalue weighted by atomic mass is 32.1. The second kappa shape index (κ2) is 7.97. The SMILES string of the molecule is CC(C)CNCc1cncc(OCCc2cccs2)n1. The van der Waals surface area contributed by atoms with E-state index in [-0.39, 0.29) is 0 Å². The molecule has 4 nitrogen and oxygen atoms in total.